The van der Waals surface area contributed by atoms with Gasteiger partial charge in [0.05, 0.1) is 5.52 Å². The number of nitrogens with zero attached hydrogens (tertiary/aromatic N) is 3. The first-order valence-electron chi connectivity index (χ1n) is 10.4. The smallest absolute Gasteiger partial charge is 0.253 e. The van der Waals surface area contributed by atoms with Gasteiger partial charge in [0.15, 0.2) is 0 Å². The van der Waals surface area contributed by atoms with E-state index >= 15 is 0 Å². The van der Waals surface area contributed by atoms with Crippen molar-refractivity contribution < 1.29 is 13.2 Å². The summed E-state index contributed by atoms with van der Waals surface area (Å²) in [5.41, 5.74) is 8.32. The molecule has 3 heterocycles. The highest BCUT2D eigenvalue weighted by Crippen LogP contribution is 2.34. The molecule has 0 spiro atoms. The van der Waals surface area contributed by atoms with E-state index < -0.39 is 16.1 Å². The molecule has 0 bridgehead atoms. The molecule has 0 unspecified atom stereocenters. The Morgan fingerprint density at radius 3 is 2.79 bits per heavy atom. The Morgan fingerprint density at radius 1 is 1.15 bits per heavy atom. The van der Waals surface area contributed by atoms with Gasteiger partial charge in [-0.2, -0.15) is 4.31 Å². The maximum absolute atomic E-state index is 13.4. The molecule has 0 saturated carbocycles. The van der Waals surface area contributed by atoms with E-state index in [4.69, 9.17) is 17.3 Å². The number of pyridine rings is 1. The molecule has 2 aromatic heterocycles. The molecule has 170 valence electrons. The van der Waals surface area contributed by atoms with Crippen molar-refractivity contribution in [2.24, 2.45) is 0 Å². The van der Waals surface area contributed by atoms with Gasteiger partial charge in [0, 0.05) is 46.6 Å². The molecule has 2 N–H and O–H groups in total. The van der Waals surface area contributed by atoms with Crippen LogP contribution in [-0.2, 0) is 21.4 Å². The molecule has 10 heteroatoms. The lowest BCUT2D eigenvalue weighted by Crippen LogP contribution is -2.56. The Hall–Kier alpha value is -2.72. The number of piperazine rings is 1. The second-order valence-corrected chi connectivity index (χ2v) is 11.7. The summed E-state index contributed by atoms with van der Waals surface area (Å²) >= 11 is 7.21. The number of nitrogens with two attached hydrogens (primary N) is 1. The second-order valence-electron chi connectivity index (χ2n) is 8.05. The van der Waals surface area contributed by atoms with E-state index in [9.17, 15) is 13.2 Å². The Morgan fingerprint density at radius 2 is 1.97 bits per heavy atom. The predicted molar refractivity (Wildman–Crippen MR) is 132 cm³/mol. The molecule has 33 heavy (non-hydrogen) atoms. The first-order chi connectivity index (χ1) is 15.7. The van der Waals surface area contributed by atoms with Crippen LogP contribution in [0.2, 0.25) is 5.02 Å². The van der Waals surface area contributed by atoms with E-state index in [-0.39, 0.29) is 16.7 Å². The molecule has 1 aliphatic heterocycles. The zero-order valence-corrected chi connectivity index (χ0v) is 20.1. The molecule has 1 fully saturated rings. The number of rotatable bonds is 4. The van der Waals surface area contributed by atoms with Gasteiger partial charge >= 0.3 is 0 Å². The molecule has 0 radical (unpaired) electrons. The van der Waals surface area contributed by atoms with Crippen molar-refractivity contribution in [1.82, 2.24) is 14.2 Å². The second kappa shape index (κ2) is 8.25. The van der Waals surface area contributed by atoms with E-state index in [1.54, 1.807) is 48.4 Å². The Kier molecular flexibility index (Phi) is 5.52. The van der Waals surface area contributed by atoms with E-state index in [1.807, 2.05) is 18.2 Å². The number of halogens is 1. The summed E-state index contributed by atoms with van der Waals surface area (Å²) in [6.07, 6.45) is 1.65. The molecular formula is C23H21ClN4O3S2. The zero-order chi connectivity index (χ0) is 23.3. The fourth-order valence-electron chi connectivity index (χ4n) is 4.15. The highest BCUT2D eigenvalue weighted by atomic mass is 35.5. The lowest BCUT2D eigenvalue weighted by molar-refractivity contribution is -0.138. The Bertz CT molecular complexity index is 1500. The van der Waals surface area contributed by atoms with Crippen molar-refractivity contribution in [3.05, 3.63) is 65.3 Å². The number of hydrogen-bond acceptors (Lipinski definition) is 6. The summed E-state index contributed by atoms with van der Waals surface area (Å²) in [6, 6.07) is 13.6. The summed E-state index contributed by atoms with van der Waals surface area (Å²) in [7, 11) is -3.81. The molecule has 5 rings (SSSR count). The van der Waals surface area contributed by atoms with Gasteiger partial charge in [-0.3, -0.25) is 9.78 Å². The number of amides is 1. The molecular weight excluding hydrogens is 480 g/mol. The van der Waals surface area contributed by atoms with Crippen LogP contribution in [0.5, 0.6) is 0 Å². The van der Waals surface area contributed by atoms with Crippen molar-refractivity contribution in [2.45, 2.75) is 23.7 Å². The van der Waals surface area contributed by atoms with Gasteiger partial charge in [-0.15, -0.1) is 11.3 Å². The minimum atomic E-state index is -3.81. The number of nitrogen functional groups attached to an aromatic ring is 1. The van der Waals surface area contributed by atoms with Crippen molar-refractivity contribution in [1.29, 1.82) is 0 Å². The number of fused-ring (bicyclic) bond motifs is 2. The summed E-state index contributed by atoms with van der Waals surface area (Å²) < 4.78 is 29.0. The van der Waals surface area contributed by atoms with Gasteiger partial charge in [0.1, 0.15) is 10.3 Å². The third-order valence-corrected chi connectivity index (χ3v) is 9.68. The van der Waals surface area contributed by atoms with E-state index in [0.717, 1.165) is 37.9 Å². The fraction of sp³-hybridized carbons (Fsp3) is 0.217. The lowest BCUT2D eigenvalue weighted by Gasteiger charge is -2.38. The van der Waals surface area contributed by atoms with Crippen LogP contribution in [0.3, 0.4) is 0 Å². The topological polar surface area (TPSA) is 96.6 Å². The van der Waals surface area contributed by atoms with Crippen LogP contribution in [0.1, 0.15) is 12.5 Å². The molecule has 1 saturated heterocycles. The predicted octanol–water partition coefficient (Wildman–Crippen LogP) is 4.11. The lowest BCUT2D eigenvalue weighted by atomic mass is 10.1. The van der Waals surface area contributed by atoms with Crippen molar-refractivity contribution in [3.63, 3.8) is 0 Å². The minimum Gasteiger partial charge on any atom is -0.398 e. The average molecular weight is 501 g/mol. The fourth-order valence-corrected chi connectivity index (χ4v) is 7.54. The normalized spacial score (nSPS) is 17.8. The maximum atomic E-state index is 13.4. The van der Waals surface area contributed by atoms with Gasteiger partial charge in [0.2, 0.25) is 5.91 Å². The van der Waals surface area contributed by atoms with E-state index in [1.165, 1.54) is 4.31 Å². The monoisotopic (exact) mass is 500 g/mol. The van der Waals surface area contributed by atoms with E-state index in [2.05, 4.69) is 4.98 Å². The van der Waals surface area contributed by atoms with Crippen LogP contribution < -0.4 is 5.73 Å². The largest absolute Gasteiger partial charge is 0.398 e. The number of hydrogen-bond donors (Lipinski definition) is 1. The third-order valence-electron chi connectivity index (χ3n) is 5.93. The highest BCUT2D eigenvalue weighted by molar-refractivity contribution is 7.91. The molecule has 1 amide bonds. The zero-order valence-electron chi connectivity index (χ0n) is 17.7. The SMILES string of the molecule is C[C@H]1C(=O)N(Cc2ccc3c(N)ccnc3c2)CCN1S(=O)(=O)c1cc2ccc(Cl)cc2s1. The standard InChI is InChI=1S/C23H21ClN4O3S2/c1-14-23(29)27(13-15-2-5-18-19(25)6-7-26-20(18)10-15)8-9-28(14)33(30,31)22-11-16-3-4-17(24)12-21(16)32-22/h2-7,10-12,14H,8-9,13H2,1H3,(H2,25,26)/t14-/m0/s1. The number of carbonyl (C=O) groups is 1. The van der Waals surface area contributed by atoms with Gasteiger partial charge in [0.25, 0.3) is 10.0 Å². The van der Waals surface area contributed by atoms with Crippen molar-refractivity contribution in [3.8, 4) is 0 Å². The van der Waals surface area contributed by atoms with Crippen LogP contribution >= 0.6 is 22.9 Å². The van der Waals surface area contributed by atoms with Crippen LogP contribution in [0.25, 0.3) is 21.0 Å². The number of sulfonamides is 1. The molecule has 1 atom stereocenters. The van der Waals surface area contributed by atoms with Crippen LogP contribution in [0.4, 0.5) is 5.69 Å². The van der Waals surface area contributed by atoms with Crippen molar-refractivity contribution in [2.75, 3.05) is 18.8 Å². The third kappa shape index (κ3) is 3.95. The minimum absolute atomic E-state index is 0.214. The number of carbonyl (C=O) groups excluding carboxylic acids is 1. The number of thiophene rings is 1. The van der Waals surface area contributed by atoms with Crippen LogP contribution in [0.15, 0.2) is 58.9 Å². The first kappa shape index (κ1) is 22.1. The van der Waals surface area contributed by atoms with Gasteiger partial charge in [-0.25, -0.2) is 8.42 Å². The van der Waals surface area contributed by atoms with Crippen LogP contribution in [0, 0.1) is 0 Å². The summed E-state index contributed by atoms with van der Waals surface area (Å²) in [5, 5.41) is 2.23. The highest BCUT2D eigenvalue weighted by Gasteiger charge is 2.39. The summed E-state index contributed by atoms with van der Waals surface area (Å²) in [4.78, 5) is 19.2. The van der Waals surface area contributed by atoms with Crippen molar-refractivity contribution >= 4 is 65.5 Å². The molecule has 1 aliphatic rings. The maximum Gasteiger partial charge on any atom is 0.253 e. The first-order valence-corrected chi connectivity index (χ1v) is 13.0. The molecule has 7 nitrogen and oxygen atoms in total. The number of anilines is 1. The Balaban J connectivity index is 1.37. The number of aromatic nitrogens is 1. The van der Waals surface area contributed by atoms with Gasteiger partial charge in [-0.05, 0) is 48.2 Å². The summed E-state index contributed by atoms with van der Waals surface area (Å²) in [5.74, 6) is -0.227. The van der Waals surface area contributed by atoms with Gasteiger partial charge in [-0.1, -0.05) is 29.8 Å². The average Bonchev–Trinajstić information content (AvgIpc) is 3.21. The molecule has 4 aromatic rings. The quantitative estimate of drug-likeness (QED) is 0.455. The van der Waals surface area contributed by atoms with Crippen LogP contribution in [-0.4, -0.2) is 47.6 Å². The molecule has 2 aromatic carbocycles. The van der Waals surface area contributed by atoms with Gasteiger partial charge < -0.3 is 10.6 Å². The summed E-state index contributed by atoms with van der Waals surface area (Å²) in [6.45, 7) is 2.55. The van der Waals surface area contributed by atoms with E-state index in [0.29, 0.717) is 23.8 Å². The number of benzene rings is 2. The molecule has 0 aliphatic carbocycles. The Labute approximate surface area is 200 Å².